The lowest BCUT2D eigenvalue weighted by Gasteiger charge is -2.27. The van der Waals surface area contributed by atoms with E-state index in [4.69, 9.17) is 18.8 Å². The van der Waals surface area contributed by atoms with Gasteiger partial charge in [-0.1, -0.05) is 13.2 Å². The first-order chi connectivity index (χ1) is 11.7. The van der Waals surface area contributed by atoms with Crippen LogP contribution in [0.4, 0.5) is 0 Å². The van der Waals surface area contributed by atoms with E-state index in [-0.39, 0.29) is 34.2 Å². The third-order valence-corrected chi connectivity index (χ3v) is 4.34. The van der Waals surface area contributed by atoms with E-state index in [9.17, 15) is 22.8 Å². The summed E-state index contributed by atoms with van der Waals surface area (Å²) in [6.45, 7) is 10.4. The second-order valence-corrected chi connectivity index (χ2v) is 8.03. The highest BCUT2D eigenvalue weighted by Gasteiger charge is 2.39. The molecule has 0 spiro atoms. The second-order valence-electron chi connectivity index (χ2n) is 6.20. The van der Waals surface area contributed by atoms with E-state index in [1.165, 1.54) is 20.8 Å². The van der Waals surface area contributed by atoms with Gasteiger partial charge in [0.2, 0.25) is 0 Å². The van der Waals surface area contributed by atoms with Crippen LogP contribution >= 0.6 is 0 Å². The molecule has 0 aromatic heterocycles. The summed E-state index contributed by atoms with van der Waals surface area (Å²) in [5.41, 5.74) is -1.41. The molecule has 0 aliphatic carbocycles. The van der Waals surface area contributed by atoms with Crippen LogP contribution in [0.1, 0.15) is 27.7 Å². The summed E-state index contributed by atoms with van der Waals surface area (Å²) in [5, 5.41) is -1.35. The van der Waals surface area contributed by atoms with E-state index < -0.39 is 58.5 Å². The average molecular weight is 419 g/mol. The van der Waals surface area contributed by atoms with Crippen LogP contribution in [0.15, 0.2) is 24.3 Å². The maximum atomic E-state index is 12.3. The Hall–Kier alpha value is -1.43. The second kappa shape index (κ2) is 11.4. The summed E-state index contributed by atoms with van der Waals surface area (Å²) >= 11 is 0. The van der Waals surface area contributed by atoms with Crippen molar-refractivity contribution in [1.82, 2.24) is 0 Å². The van der Waals surface area contributed by atoms with Crippen LogP contribution < -0.4 is 0 Å². The lowest BCUT2D eigenvalue weighted by molar-refractivity contribution is -0.168. The summed E-state index contributed by atoms with van der Waals surface area (Å²) in [4.78, 5) is 35.4. The number of rotatable bonds is 10. The molecule has 0 saturated carbocycles. The zero-order chi connectivity index (χ0) is 20.7. The Morgan fingerprint density at radius 1 is 1.00 bits per heavy atom. The molecule has 0 rings (SSSR count). The summed E-state index contributed by atoms with van der Waals surface area (Å²) in [6, 6.07) is 0. The molecule has 0 heterocycles. The van der Waals surface area contributed by atoms with E-state index in [0.29, 0.717) is 0 Å². The highest BCUT2D eigenvalue weighted by atomic mass is 32.2. The van der Waals surface area contributed by atoms with Crippen molar-refractivity contribution in [1.29, 1.82) is 0 Å². The highest BCUT2D eigenvalue weighted by Crippen LogP contribution is 2.22. The number of carbonyl (C=O) groups excluding carboxylic acids is 3. The van der Waals surface area contributed by atoms with Crippen molar-refractivity contribution >= 4 is 51.1 Å². The Labute approximate surface area is 175 Å². The first-order valence-corrected chi connectivity index (χ1v) is 9.00. The van der Waals surface area contributed by atoms with Gasteiger partial charge in [-0.15, -0.1) is 0 Å². The fourth-order valence-electron chi connectivity index (χ4n) is 1.31. The van der Waals surface area contributed by atoms with E-state index in [2.05, 4.69) is 13.2 Å². The Bertz CT molecular complexity index is 667. The quantitative estimate of drug-likeness (QED) is 0.173. The van der Waals surface area contributed by atoms with E-state index in [1.807, 2.05) is 0 Å². The monoisotopic (exact) mass is 418 g/mol. The zero-order valence-electron chi connectivity index (χ0n) is 15.2. The molecule has 9 nitrogen and oxygen atoms in total. The van der Waals surface area contributed by atoms with Crippen molar-refractivity contribution in [3.05, 3.63) is 24.3 Å². The van der Waals surface area contributed by atoms with E-state index in [1.54, 1.807) is 0 Å². The predicted octanol–water partition coefficient (Wildman–Crippen LogP) is 0.135. The van der Waals surface area contributed by atoms with Crippen molar-refractivity contribution < 1.29 is 41.6 Å². The van der Waals surface area contributed by atoms with Gasteiger partial charge in [-0.2, -0.15) is 8.42 Å². The van der Waals surface area contributed by atoms with Crippen molar-refractivity contribution in [3.8, 4) is 0 Å². The minimum Gasteiger partial charge on any atom is -0.464 e. The fraction of sp³-hybridized carbons (Fsp3) is 0.562. The minimum absolute atomic E-state index is 0. The fourth-order valence-corrected chi connectivity index (χ4v) is 1.55. The normalized spacial score (nSPS) is 12.2. The third kappa shape index (κ3) is 9.89. The Morgan fingerprint density at radius 2 is 1.37 bits per heavy atom. The van der Waals surface area contributed by atoms with Gasteiger partial charge >= 0.3 is 41.0 Å². The zero-order valence-corrected chi connectivity index (χ0v) is 16.1. The molecular weight excluding hydrogens is 393 g/mol. The predicted molar refractivity (Wildman–Crippen MR) is 100 cm³/mol. The molecule has 0 amide bonds. The maximum absolute atomic E-state index is 12.3. The minimum atomic E-state index is -4.39. The van der Waals surface area contributed by atoms with Crippen molar-refractivity contribution in [2.45, 2.75) is 32.9 Å². The van der Waals surface area contributed by atoms with Gasteiger partial charge in [0.15, 0.2) is 0 Å². The number of ether oxygens (including phenoxy) is 3. The molecule has 0 aromatic rings. The summed E-state index contributed by atoms with van der Waals surface area (Å²) in [5.74, 6) is -2.50. The van der Waals surface area contributed by atoms with Crippen LogP contribution in [0, 0.1) is 5.41 Å². The van der Waals surface area contributed by atoms with Gasteiger partial charge in [-0.25, -0.2) is 9.59 Å². The molecule has 0 aliphatic rings. The van der Waals surface area contributed by atoms with Crippen LogP contribution in [0.25, 0.3) is 0 Å². The standard InChI is InChI=1S/C16H24O9S.Mg.2H/c1-10(2)13(17)24-8-16(6,9-25-14(18)11(3)4)15(19)23-7-12(5)26(20,21)22;;;/h12H,1,3,7-9H2,2,4-6H3,(H,20,21,22);;;. The van der Waals surface area contributed by atoms with Crippen molar-refractivity contribution in [3.63, 3.8) is 0 Å². The number of hydrogen-bond acceptors (Lipinski definition) is 8. The molecule has 0 fully saturated rings. The largest absolute Gasteiger partial charge is 0.464 e. The molecule has 1 unspecified atom stereocenters. The van der Waals surface area contributed by atoms with Gasteiger partial charge in [0, 0.05) is 11.1 Å². The Morgan fingerprint density at radius 3 is 1.67 bits per heavy atom. The molecule has 0 aromatic carbocycles. The number of carbonyl (C=O) groups is 3. The Balaban J connectivity index is 0. The van der Waals surface area contributed by atoms with Gasteiger partial charge in [0.25, 0.3) is 10.1 Å². The van der Waals surface area contributed by atoms with Crippen LogP contribution in [-0.2, 0) is 38.7 Å². The smallest absolute Gasteiger partial charge is 0.333 e. The molecule has 0 aliphatic heterocycles. The molecule has 27 heavy (non-hydrogen) atoms. The van der Waals surface area contributed by atoms with Crippen LogP contribution in [0.5, 0.6) is 0 Å². The first kappa shape index (κ1) is 27.8. The lowest BCUT2D eigenvalue weighted by atomic mass is 9.93. The molecule has 0 saturated heterocycles. The van der Waals surface area contributed by atoms with Crippen molar-refractivity contribution in [2.75, 3.05) is 19.8 Å². The lowest BCUT2D eigenvalue weighted by Crippen LogP contribution is -2.41. The van der Waals surface area contributed by atoms with Gasteiger partial charge in [0.05, 0.1) is 0 Å². The molecule has 152 valence electrons. The van der Waals surface area contributed by atoms with Crippen LogP contribution in [-0.4, -0.2) is 79.0 Å². The van der Waals surface area contributed by atoms with Gasteiger partial charge in [-0.05, 0) is 27.7 Å². The number of hydrogen-bond donors (Lipinski definition) is 1. The Kier molecular flexibility index (Phi) is 11.7. The summed E-state index contributed by atoms with van der Waals surface area (Å²) < 4.78 is 45.6. The van der Waals surface area contributed by atoms with Gasteiger partial charge in [0.1, 0.15) is 30.5 Å². The topological polar surface area (TPSA) is 133 Å². The van der Waals surface area contributed by atoms with Gasteiger partial charge in [-0.3, -0.25) is 9.35 Å². The summed E-state index contributed by atoms with van der Waals surface area (Å²) in [6.07, 6.45) is 0. The third-order valence-electron chi connectivity index (χ3n) is 3.19. The average Bonchev–Trinajstić information content (AvgIpc) is 2.53. The maximum Gasteiger partial charge on any atom is 0.333 e. The SMILES string of the molecule is C=C(C)C(=O)OCC(C)(COC(=O)C(=C)C)C(=O)OCC(C)S(=O)(=O)O.[MgH2]. The molecule has 1 atom stereocenters. The number of esters is 3. The molecule has 0 bridgehead atoms. The first-order valence-electron chi connectivity index (χ1n) is 7.49. The van der Waals surface area contributed by atoms with Crippen LogP contribution in [0.2, 0.25) is 0 Å². The van der Waals surface area contributed by atoms with E-state index >= 15 is 0 Å². The molecular formula is C16H26MgO9S. The highest BCUT2D eigenvalue weighted by molar-refractivity contribution is 7.86. The van der Waals surface area contributed by atoms with Crippen LogP contribution in [0.3, 0.4) is 0 Å². The van der Waals surface area contributed by atoms with Crippen molar-refractivity contribution in [2.24, 2.45) is 5.41 Å². The molecule has 0 radical (unpaired) electrons. The van der Waals surface area contributed by atoms with Gasteiger partial charge < -0.3 is 14.2 Å². The van der Waals surface area contributed by atoms with E-state index in [0.717, 1.165) is 6.92 Å². The summed E-state index contributed by atoms with van der Waals surface area (Å²) in [7, 11) is -4.39. The molecule has 11 heteroatoms. The molecule has 1 N–H and O–H groups in total.